The van der Waals surface area contributed by atoms with Gasteiger partial charge in [-0.3, -0.25) is 0 Å². The summed E-state index contributed by atoms with van der Waals surface area (Å²) in [5, 5.41) is 6.77. The molecule has 5 nitrogen and oxygen atoms in total. The number of benzene rings is 1. The van der Waals surface area contributed by atoms with Gasteiger partial charge >= 0.3 is 0 Å². The molecule has 1 aromatic heterocycles. The van der Waals surface area contributed by atoms with Crippen LogP contribution in [0.2, 0.25) is 0 Å². The van der Waals surface area contributed by atoms with Crippen LogP contribution in [0.15, 0.2) is 47.7 Å². The van der Waals surface area contributed by atoms with Crippen LogP contribution in [-0.4, -0.2) is 22.1 Å². The largest absolute Gasteiger partial charge is 0.357 e. The van der Waals surface area contributed by atoms with E-state index in [9.17, 15) is 0 Å². The van der Waals surface area contributed by atoms with Crippen molar-refractivity contribution in [3.8, 4) is 0 Å². The molecule has 1 aromatic carbocycles. The van der Waals surface area contributed by atoms with Gasteiger partial charge in [0, 0.05) is 25.5 Å². The van der Waals surface area contributed by atoms with Crippen molar-refractivity contribution in [1.82, 2.24) is 20.2 Å². The average molecular weight is 327 g/mol. The van der Waals surface area contributed by atoms with Gasteiger partial charge in [0.15, 0.2) is 5.96 Å². The summed E-state index contributed by atoms with van der Waals surface area (Å²) in [5.74, 6) is 2.40. The minimum absolute atomic E-state index is 0.194. The van der Waals surface area contributed by atoms with E-state index in [0.717, 1.165) is 24.9 Å². The number of imidazole rings is 1. The Bertz CT molecular complexity index is 630. The van der Waals surface area contributed by atoms with Gasteiger partial charge in [0.05, 0.1) is 6.04 Å². The Morgan fingerprint density at radius 1 is 1.21 bits per heavy atom. The summed E-state index contributed by atoms with van der Waals surface area (Å²) in [7, 11) is 0. The molecule has 0 aliphatic heterocycles. The lowest BCUT2D eigenvalue weighted by molar-refractivity contribution is 0.507. The molecule has 24 heavy (non-hydrogen) atoms. The van der Waals surface area contributed by atoms with E-state index in [2.05, 4.69) is 72.1 Å². The molecule has 2 N–H and O–H groups in total. The van der Waals surface area contributed by atoms with Crippen molar-refractivity contribution in [3.63, 3.8) is 0 Å². The first kappa shape index (κ1) is 18.0. The zero-order chi connectivity index (χ0) is 17.4. The van der Waals surface area contributed by atoms with Gasteiger partial charge in [-0.05, 0) is 25.3 Å². The van der Waals surface area contributed by atoms with Gasteiger partial charge in [-0.2, -0.15) is 0 Å². The molecule has 0 amide bonds. The third-order valence-electron chi connectivity index (χ3n) is 3.74. The lowest BCUT2D eigenvalue weighted by Crippen LogP contribution is -2.38. The van der Waals surface area contributed by atoms with Crippen LogP contribution in [0.5, 0.6) is 0 Å². The van der Waals surface area contributed by atoms with E-state index < -0.39 is 0 Å². The smallest absolute Gasteiger partial charge is 0.192 e. The predicted molar refractivity (Wildman–Crippen MR) is 99.9 cm³/mol. The highest BCUT2D eigenvalue weighted by atomic mass is 15.2. The molecular weight excluding hydrogens is 298 g/mol. The van der Waals surface area contributed by atoms with Crippen molar-refractivity contribution < 1.29 is 0 Å². The van der Waals surface area contributed by atoms with Crippen LogP contribution >= 0.6 is 0 Å². The molecule has 1 heterocycles. The second-order valence-corrected chi connectivity index (χ2v) is 6.36. The number of aliphatic imine (C=N–C) groups is 1. The van der Waals surface area contributed by atoms with Crippen LogP contribution in [0.1, 0.15) is 45.1 Å². The Kier molecular flexibility index (Phi) is 6.85. The van der Waals surface area contributed by atoms with Gasteiger partial charge in [-0.25, -0.2) is 9.98 Å². The molecular formula is C19H29N5. The molecule has 0 saturated heterocycles. The van der Waals surface area contributed by atoms with E-state index in [1.807, 2.05) is 18.5 Å². The van der Waals surface area contributed by atoms with Gasteiger partial charge < -0.3 is 15.2 Å². The van der Waals surface area contributed by atoms with Gasteiger partial charge in [0.1, 0.15) is 12.4 Å². The zero-order valence-corrected chi connectivity index (χ0v) is 15.2. The molecule has 0 aliphatic carbocycles. The monoisotopic (exact) mass is 327 g/mol. The molecule has 0 fully saturated rings. The van der Waals surface area contributed by atoms with Crippen molar-refractivity contribution in [2.75, 3.05) is 6.54 Å². The van der Waals surface area contributed by atoms with Crippen molar-refractivity contribution in [2.24, 2.45) is 10.9 Å². The lowest BCUT2D eigenvalue weighted by Gasteiger charge is -2.18. The van der Waals surface area contributed by atoms with Gasteiger partial charge in [-0.15, -0.1) is 0 Å². The fourth-order valence-electron chi connectivity index (χ4n) is 2.55. The zero-order valence-electron chi connectivity index (χ0n) is 15.2. The number of nitrogens with one attached hydrogen (secondary N) is 2. The Morgan fingerprint density at radius 2 is 1.96 bits per heavy atom. The lowest BCUT2D eigenvalue weighted by atomic mass is 10.1. The highest BCUT2D eigenvalue weighted by molar-refractivity contribution is 5.80. The molecule has 2 aromatic rings. The molecule has 0 spiro atoms. The summed E-state index contributed by atoms with van der Waals surface area (Å²) in [4.78, 5) is 9.14. The van der Waals surface area contributed by atoms with Crippen LogP contribution in [0.4, 0.5) is 0 Å². The first-order valence-corrected chi connectivity index (χ1v) is 8.70. The van der Waals surface area contributed by atoms with E-state index in [4.69, 9.17) is 4.99 Å². The second kappa shape index (κ2) is 9.11. The van der Waals surface area contributed by atoms with Crippen LogP contribution in [-0.2, 0) is 13.1 Å². The topological polar surface area (TPSA) is 54.2 Å². The normalized spacial score (nSPS) is 13.1. The molecule has 0 saturated carbocycles. The molecule has 1 unspecified atom stereocenters. The maximum absolute atomic E-state index is 4.70. The number of aromatic nitrogens is 2. The number of hydrogen-bond acceptors (Lipinski definition) is 2. The number of guanidine groups is 1. The third-order valence-corrected chi connectivity index (χ3v) is 3.74. The summed E-state index contributed by atoms with van der Waals surface area (Å²) in [5.41, 5.74) is 1.24. The van der Waals surface area contributed by atoms with Crippen LogP contribution in [0, 0.1) is 5.92 Å². The predicted octanol–water partition coefficient (Wildman–Crippen LogP) is 3.36. The van der Waals surface area contributed by atoms with Crippen molar-refractivity contribution in [1.29, 1.82) is 0 Å². The minimum atomic E-state index is 0.194. The average Bonchev–Trinajstić information content (AvgIpc) is 3.00. The number of nitrogens with zero attached hydrogens (tertiary/aromatic N) is 3. The van der Waals surface area contributed by atoms with Crippen molar-refractivity contribution in [2.45, 2.75) is 46.8 Å². The Labute approximate surface area is 145 Å². The number of rotatable bonds is 7. The SMILES string of the molecule is CCNC(=NCc1nccn1CC(C)C)NC(C)c1ccccc1. The molecule has 5 heteroatoms. The summed E-state index contributed by atoms with van der Waals surface area (Å²) in [6.45, 7) is 11.0. The van der Waals surface area contributed by atoms with Crippen LogP contribution in [0.3, 0.4) is 0 Å². The Balaban J connectivity index is 2.04. The summed E-state index contributed by atoms with van der Waals surface area (Å²) >= 11 is 0. The fraction of sp³-hybridized carbons (Fsp3) is 0.474. The van der Waals surface area contributed by atoms with Crippen LogP contribution in [0.25, 0.3) is 0 Å². The maximum atomic E-state index is 4.70. The molecule has 0 radical (unpaired) electrons. The van der Waals surface area contributed by atoms with Crippen molar-refractivity contribution in [3.05, 3.63) is 54.1 Å². The van der Waals surface area contributed by atoms with Gasteiger partial charge in [-0.1, -0.05) is 44.2 Å². The summed E-state index contributed by atoms with van der Waals surface area (Å²) < 4.78 is 2.18. The van der Waals surface area contributed by atoms with E-state index >= 15 is 0 Å². The van der Waals surface area contributed by atoms with Gasteiger partial charge in [0.25, 0.3) is 0 Å². The van der Waals surface area contributed by atoms with Crippen LogP contribution < -0.4 is 10.6 Å². The summed E-state index contributed by atoms with van der Waals surface area (Å²) in [6, 6.07) is 10.6. The van der Waals surface area contributed by atoms with E-state index in [0.29, 0.717) is 12.5 Å². The standard InChI is InChI=1S/C19H29N5/c1-5-20-19(23-16(4)17-9-7-6-8-10-17)22-13-18-21-11-12-24(18)14-15(2)3/h6-12,15-16H,5,13-14H2,1-4H3,(H2,20,22,23). The fourth-order valence-corrected chi connectivity index (χ4v) is 2.55. The first-order valence-electron chi connectivity index (χ1n) is 8.70. The molecule has 0 bridgehead atoms. The minimum Gasteiger partial charge on any atom is -0.357 e. The Morgan fingerprint density at radius 3 is 2.62 bits per heavy atom. The molecule has 2 rings (SSSR count). The molecule has 0 aliphatic rings. The molecule has 130 valence electrons. The number of hydrogen-bond donors (Lipinski definition) is 2. The second-order valence-electron chi connectivity index (χ2n) is 6.36. The maximum Gasteiger partial charge on any atom is 0.192 e. The van der Waals surface area contributed by atoms with Crippen molar-refractivity contribution >= 4 is 5.96 Å². The van der Waals surface area contributed by atoms with E-state index in [-0.39, 0.29) is 6.04 Å². The Hall–Kier alpha value is -2.30. The van der Waals surface area contributed by atoms with E-state index in [1.165, 1.54) is 5.56 Å². The quantitative estimate of drug-likeness (QED) is 0.606. The first-order chi connectivity index (χ1) is 11.6. The molecule has 1 atom stereocenters. The highest BCUT2D eigenvalue weighted by Gasteiger charge is 2.08. The summed E-state index contributed by atoms with van der Waals surface area (Å²) in [6.07, 6.45) is 3.87. The van der Waals surface area contributed by atoms with E-state index in [1.54, 1.807) is 0 Å². The highest BCUT2D eigenvalue weighted by Crippen LogP contribution is 2.11. The third kappa shape index (κ3) is 5.41. The van der Waals surface area contributed by atoms with Gasteiger partial charge in [0.2, 0.25) is 0 Å².